The zero-order valence-corrected chi connectivity index (χ0v) is 13.8. The highest BCUT2D eigenvalue weighted by Crippen LogP contribution is 2.33. The minimum absolute atomic E-state index is 0.0473. The number of carbonyl (C=O) groups is 2. The Morgan fingerprint density at radius 1 is 1.25 bits per heavy atom. The van der Waals surface area contributed by atoms with Gasteiger partial charge in [-0.2, -0.15) is 0 Å². The molecule has 3 rings (SSSR count). The van der Waals surface area contributed by atoms with Crippen LogP contribution in [0, 0.1) is 6.92 Å². The number of carbonyl (C=O) groups excluding carboxylic acids is 2. The molecular formula is C19H20N2O3. The van der Waals surface area contributed by atoms with E-state index < -0.39 is 0 Å². The van der Waals surface area contributed by atoms with Crippen LogP contribution in [-0.2, 0) is 16.0 Å². The molecule has 2 aromatic rings. The summed E-state index contributed by atoms with van der Waals surface area (Å²) in [5, 5.41) is 2.88. The van der Waals surface area contributed by atoms with Crippen LogP contribution in [0.1, 0.15) is 17.5 Å². The molecule has 0 unspecified atom stereocenters. The van der Waals surface area contributed by atoms with Crippen molar-refractivity contribution in [2.24, 2.45) is 0 Å². The van der Waals surface area contributed by atoms with E-state index in [0.717, 1.165) is 5.56 Å². The molecule has 2 aromatic carbocycles. The molecule has 0 aromatic heterocycles. The number of ether oxygens (including phenoxy) is 1. The summed E-state index contributed by atoms with van der Waals surface area (Å²) in [5.41, 5.74) is 3.67. The highest BCUT2D eigenvalue weighted by Gasteiger charge is 2.22. The molecular weight excluding hydrogens is 304 g/mol. The quantitative estimate of drug-likeness (QED) is 0.941. The van der Waals surface area contributed by atoms with Gasteiger partial charge in [-0.3, -0.25) is 9.59 Å². The number of rotatable bonds is 4. The summed E-state index contributed by atoms with van der Waals surface area (Å²) in [5.74, 6) is 0.488. The summed E-state index contributed by atoms with van der Waals surface area (Å²) in [6.45, 7) is 2.09. The van der Waals surface area contributed by atoms with E-state index in [4.69, 9.17) is 4.74 Å². The Kier molecular flexibility index (Phi) is 4.51. The van der Waals surface area contributed by atoms with Crippen molar-refractivity contribution in [3.05, 3.63) is 53.6 Å². The van der Waals surface area contributed by atoms with Crippen molar-refractivity contribution in [1.29, 1.82) is 0 Å². The zero-order valence-electron chi connectivity index (χ0n) is 13.8. The lowest BCUT2D eigenvalue weighted by atomic mass is 10.1. The molecule has 2 amide bonds. The Morgan fingerprint density at radius 3 is 2.88 bits per heavy atom. The molecule has 0 atom stereocenters. The number of likely N-dealkylation sites (N-methyl/N-ethyl adjacent to an activating group) is 1. The predicted octanol–water partition coefficient (Wildman–Crippen LogP) is 2.92. The number of anilines is 2. The average molecular weight is 324 g/mol. The number of hydrogen-bond donors (Lipinski definition) is 1. The Balaban J connectivity index is 1.63. The number of aryl methyl sites for hydroxylation is 2. The van der Waals surface area contributed by atoms with Crippen molar-refractivity contribution in [3.8, 4) is 5.75 Å². The molecule has 0 bridgehead atoms. The van der Waals surface area contributed by atoms with Gasteiger partial charge < -0.3 is 15.0 Å². The Hall–Kier alpha value is -2.82. The lowest BCUT2D eigenvalue weighted by molar-refractivity contribution is -0.121. The van der Waals surface area contributed by atoms with Gasteiger partial charge in [-0.1, -0.05) is 29.8 Å². The molecule has 0 fully saturated rings. The standard InChI is InChI=1S/C19H20N2O3/c1-13-4-3-5-14(10-13)6-9-18(22)20-15-7-8-17-16(11-15)21(2)19(23)12-24-17/h3-5,7-8,10-11H,6,9,12H2,1-2H3,(H,20,22). The van der Waals surface area contributed by atoms with E-state index in [1.807, 2.05) is 25.1 Å². The summed E-state index contributed by atoms with van der Waals surface area (Å²) < 4.78 is 5.38. The predicted molar refractivity (Wildman–Crippen MR) is 93.5 cm³/mol. The van der Waals surface area contributed by atoms with Gasteiger partial charge >= 0.3 is 0 Å². The monoisotopic (exact) mass is 324 g/mol. The molecule has 0 saturated carbocycles. The maximum Gasteiger partial charge on any atom is 0.264 e. The lowest BCUT2D eigenvalue weighted by Crippen LogP contribution is -2.35. The third-order valence-electron chi connectivity index (χ3n) is 4.05. The van der Waals surface area contributed by atoms with Crippen molar-refractivity contribution in [3.63, 3.8) is 0 Å². The minimum Gasteiger partial charge on any atom is -0.482 e. The third kappa shape index (κ3) is 3.56. The number of amides is 2. The van der Waals surface area contributed by atoms with Crippen molar-refractivity contribution in [2.75, 3.05) is 23.9 Å². The van der Waals surface area contributed by atoms with Gasteiger partial charge in [0.05, 0.1) is 5.69 Å². The highest BCUT2D eigenvalue weighted by atomic mass is 16.5. The first-order valence-corrected chi connectivity index (χ1v) is 7.92. The van der Waals surface area contributed by atoms with Crippen molar-refractivity contribution in [1.82, 2.24) is 0 Å². The number of fused-ring (bicyclic) bond motifs is 1. The van der Waals surface area contributed by atoms with Crippen LogP contribution in [0.4, 0.5) is 11.4 Å². The molecule has 124 valence electrons. The fourth-order valence-corrected chi connectivity index (χ4v) is 2.70. The Morgan fingerprint density at radius 2 is 2.08 bits per heavy atom. The van der Waals surface area contributed by atoms with E-state index in [2.05, 4.69) is 11.4 Å². The van der Waals surface area contributed by atoms with Crippen LogP contribution in [-0.4, -0.2) is 25.5 Å². The van der Waals surface area contributed by atoms with E-state index in [1.165, 1.54) is 5.56 Å². The number of nitrogens with zero attached hydrogens (tertiary/aromatic N) is 1. The third-order valence-corrected chi connectivity index (χ3v) is 4.05. The topological polar surface area (TPSA) is 58.6 Å². The summed E-state index contributed by atoms with van der Waals surface area (Å²) in [6, 6.07) is 13.5. The first kappa shape index (κ1) is 16.1. The largest absolute Gasteiger partial charge is 0.482 e. The van der Waals surface area contributed by atoms with Crippen molar-refractivity contribution >= 4 is 23.2 Å². The lowest BCUT2D eigenvalue weighted by Gasteiger charge is -2.26. The second kappa shape index (κ2) is 6.74. The molecule has 0 aliphatic carbocycles. The van der Waals surface area contributed by atoms with Crippen LogP contribution < -0.4 is 15.0 Å². The van der Waals surface area contributed by atoms with Gasteiger partial charge in [0.25, 0.3) is 5.91 Å². The van der Waals surface area contributed by atoms with Gasteiger partial charge in [0.15, 0.2) is 6.61 Å². The van der Waals surface area contributed by atoms with Gasteiger partial charge in [0, 0.05) is 19.2 Å². The second-order valence-electron chi connectivity index (χ2n) is 5.96. The van der Waals surface area contributed by atoms with Gasteiger partial charge in [-0.25, -0.2) is 0 Å². The molecule has 1 aliphatic rings. The maximum atomic E-state index is 12.2. The van der Waals surface area contributed by atoms with Crippen LogP contribution in [0.2, 0.25) is 0 Å². The first-order chi connectivity index (χ1) is 11.5. The molecule has 0 saturated heterocycles. The molecule has 5 nitrogen and oxygen atoms in total. The summed E-state index contributed by atoms with van der Waals surface area (Å²) in [6.07, 6.45) is 1.10. The van der Waals surface area contributed by atoms with E-state index in [0.29, 0.717) is 30.0 Å². The second-order valence-corrected chi connectivity index (χ2v) is 5.96. The SMILES string of the molecule is Cc1cccc(CCC(=O)Nc2ccc3c(c2)N(C)C(=O)CO3)c1. The first-order valence-electron chi connectivity index (χ1n) is 7.92. The van der Waals surface area contributed by atoms with Gasteiger partial charge in [0.1, 0.15) is 5.75 Å². The van der Waals surface area contributed by atoms with Gasteiger partial charge in [0.2, 0.25) is 5.91 Å². The molecule has 24 heavy (non-hydrogen) atoms. The Bertz CT molecular complexity index is 786. The van der Waals surface area contributed by atoms with Crippen LogP contribution in [0.5, 0.6) is 5.75 Å². The Labute approximate surface area is 141 Å². The van der Waals surface area contributed by atoms with Crippen LogP contribution in [0.15, 0.2) is 42.5 Å². The fourth-order valence-electron chi connectivity index (χ4n) is 2.70. The average Bonchev–Trinajstić information content (AvgIpc) is 2.57. The molecule has 0 spiro atoms. The highest BCUT2D eigenvalue weighted by molar-refractivity contribution is 5.99. The van der Waals surface area contributed by atoms with Gasteiger partial charge in [-0.05, 0) is 37.1 Å². The minimum atomic E-state index is -0.106. The van der Waals surface area contributed by atoms with E-state index >= 15 is 0 Å². The van der Waals surface area contributed by atoms with E-state index in [1.54, 1.807) is 30.1 Å². The van der Waals surface area contributed by atoms with Crippen LogP contribution >= 0.6 is 0 Å². The summed E-state index contributed by atoms with van der Waals surface area (Å²) >= 11 is 0. The summed E-state index contributed by atoms with van der Waals surface area (Å²) in [4.78, 5) is 25.4. The zero-order chi connectivity index (χ0) is 17.1. The van der Waals surface area contributed by atoms with E-state index in [9.17, 15) is 9.59 Å². The maximum absolute atomic E-state index is 12.2. The number of hydrogen-bond acceptors (Lipinski definition) is 3. The molecule has 0 radical (unpaired) electrons. The molecule has 1 heterocycles. The molecule has 5 heteroatoms. The molecule has 1 N–H and O–H groups in total. The normalized spacial score (nSPS) is 13.2. The fraction of sp³-hybridized carbons (Fsp3) is 0.263. The van der Waals surface area contributed by atoms with Gasteiger partial charge in [-0.15, -0.1) is 0 Å². The van der Waals surface area contributed by atoms with Crippen LogP contribution in [0.25, 0.3) is 0 Å². The summed E-state index contributed by atoms with van der Waals surface area (Å²) in [7, 11) is 1.70. The van der Waals surface area contributed by atoms with Crippen molar-refractivity contribution < 1.29 is 14.3 Å². The number of benzene rings is 2. The number of nitrogens with one attached hydrogen (secondary N) is 1. The van der Waals surface area contributed by atoms with E-state index in [-0.39, 0.29) is 18.4 Å². The van der Waals surface area contributed by atoms with Crippen LogP contribution in [0.3, 0.4) is 0 Å². The molecule has 1 aliphatic heterocycles. The van der Waals surface area contributed by atoms with Crippen molar-refractivity contribution in [2.45, 2.75) is 19.8 Å². The smallest absolute Gasteiger partial charge is 0.264 e.